The minimum absolute atomic E-state index is 0.213. The maximum absolute atomic E-state index is 10.1. The third-order valence-corrected chi connectivity index (χ3v) is 2.36. The summed E-state index contributed by atoms with van der Waals surface area (Å²) < 4.78 is 0. The average Bonchev–Trinajstić information content (AvgIpc) is 2.42. The molecule has 1 heterocycles. The minimum Gasteiger partial charge on any atom is -0.300 e. The summed E-state index contributed by atoms with van der Waals surface area (Å²) in [7, 11) is 0. The fourth-order valence-corrected chi connectivity index (χ4v) is 1.03. The fourth-order valence-electron chi connectivity index (χ4n) is 1.03. The molecule has 2 aromatic rings. The van der Waals surface area contributed by atoms with Gasteiger partial charge in [0.2, 0.25) is 0 Å². The van der Waals surface area contributed by atoms with Gasteiger partial charge in [0.15, 0.2) is 0 Å². The van der Waals surface area contributed by atoms with Gasteiger partial charge in [-0.1, -0.05) is 52.0 Å². The first-order chi connectivity index (χ1) is 8.61. The molecule has 0 bridgehead atoms. The molecule has 0 atom stereocenters. The van der Waals surface area contributed by atoms with Gasteiger partial charge >= 0.3 is 0 Å². The van der Waals surface area contributed by atoms with Crippen molar-refractivity contribution in [3.05, 3.63) is 42.7 Å². The van der Waals surface area contributed by atoms with Crippen LogP contribution in [0, 0.1) is 5.92 Å². The van der Waals surface area contributed by atoms with Gasteiger partial charge in [-0.15, -0.1) is 0 Å². The zero-order valence-corrected chi connectivity index (χ0v) is 12.0. The van der Waals surface area contributed by atoms with Crippen LogP contribution in [-0.4, -0.2) is 10.8 Å². The minimum atomic E-state index is 0.213. The second-order valence-electron chi connectivity index (χ2n) is 3.99. The van der Waals surface area contributed by atoms with Crippen LogP contribution in [0.4, 0.5) is 0 Å². The third kappa shape index (κ3) is 6.14. The van der Waals surface area contributed by atoms with Crippen LogP contribution in [0.2, 0.25) is 0 Å². The summed E-state index contributed by atoms with van der Waals surface area (Å²) in [5, 5.41) is 2.45. The Morgan fingerprint density at radius 1 is 1.06 bits per heavy atom. The van der Waals surface area contributed by atoms with E-state index in [-0.39, 0.29) is 11.7 Å². The number of hydrogen-bond donors (Lipinski definition) is 0. The van der Waals surface area contributed by atoms with Crippen LogP contribution >= 0.6 is 0 Å². The number of nitrogens with zero attached hydrogens (tertiary/aromatic N) is 1. The summed E-state index contributed by atoms with van der Waals surface area (Å²) in [6.07, 6.45) is 3.68. The molecule has 0 saturated heterocycles. The third-order valence-electron chi connectivity index (χ3n) is 2.36. The van der Waals surface area contributed by atoms with Gasteiger partial charge in [-0.25, -0.2) is 0 Å². The van der Waals surface area contributed by atoms with Gasteiger partial charge in [-0.3, -0.25) is 9.78 Å². The number of ketones is 1. The Kier molecular flexibility index (Phi) is 8.46. The Bertz CT molecular complexity index is 398. The molecule has 0 N–H and O–H groups in total. The van der Waals surface area contributed by atoms with E-state index in [0.29, 0.717) is 0 Å². The number of carbonyl (C=O) groups is 1. The number of fused-ring (bicyclic) bond motifs is 1. The summed E-state index contributed by atoms with van der Waals surface area (Å²) in [4.78, 5) is 14.2. The first-order valence-corrected chi connectivity index (χ1v) is 6.40. The lowest BCUT2D eigenvalue weighted by molar-refractivity contribution is -0.119. The molecule has 2 rings (SSSR count). The van der Waals surface area contributed by atoms with E-state index in [1.165, 1.54) is 10.8 Å². The number of pyridine rings is 1. The van der Waals surface area contributed by atoms with E-state index in [1.54, 1.807) is 6.92 Å². The highest BCUT2D eigenvalue weighted by atomic mass is 16.1. The van der Waals surface area contributed by atoms with Crippen LogP contribution in [0.5, 0.6) is 0 Å². The number of Topliss-reactive ketones (excluding diaryl/α,β-unsaturated/α-hetero) is 1. The van der Waals surface area contributed by atoms with Crippen LogP contribution in [0.3, 0.4) is 0 Å². The second-order valence-corrected chi connectivity index (χ2v) is 3.99. The first kappa shape index (κ1) is 16.3. The zero-order valence-electron chi connectivity index (χ0n) is 12.0. The largest absolute Gasteiger partial charge is 0.300 e. The fraction of sp³-hybridized carbons (Fsp3) is 0.375. The van der Waals surface area contributed by atoms with E-state index in [2.05, 4.69) is 17.1 Å². The standard InChI is InChI=1S/C9H7N.C5H10O.C2H6/c1-2-4-9-7-10-6-5-8(9)3-1;1-4(2)5(3)6;1-2/h1-7H;4H,1-3H3;1-2H3. The van der Waals surface area contributed by atoms with Crippen molar-refractivity contribution in [1.82, 2.24) is 4.98 Å². The molecule has 0 aliphatic heterocycles. The molecule has 0 saturated carbocycles. The van der Waals surface area contributed by atoms with Crippen molar-refractivity contribution in [2.75, 3.05) is 0 Å². The maximum atomic E-state index is 10.1. The molecule has 0 radical (unpaired) electrons. The first-order valence-electron chi connectivity index (χ1n) is 6.40. The Morgan fingerprint density at radius 3 is 2.00 bits per heavy atom. The molecule has 0 fully saturated rings. The summed E-state index contributed by atoms with van der Waals surface area (Å²) >= 11 is 0. The van der Waals surface area contributed by atoms with Crippen molar-refractivity contribution < 1.29 is 4.79 Å². The molecule has 1 aromatic heterocycles. The SMILES string of the molecule is CC.CC(=O)C(C)C.c1ccc2cnccc2c1. The van der Waals surface area contributed by atoms with E-state index in [0.717, 1.165) is 0 Å². The van der Waals surface area contributed by atoms with E-state index >= 15 is 0 Å². The van der Waals surface area contributed by atoms with Gasteiger partial charge in [0.05, 0.1) is 0 Å². The summed E-state index contributed by atoms with van der Waals surface area (Å²) in [6, 6.07) is 10.2. The lowest BCUT2D eigenvalue weighted by atomic mass is 10.1. The van der Waals surface area contributed by atoms with Gasteiger partial charge in [0.25, 0.3) is 0 Å². The van der Waals surface area contributed by atoms with Gasteiger partial charge < -0.3 is 0 Å². The highest BCUT2D eigenvalue weighted by Gasteiger charge is 1.95. The van der Waals surface area contributed by atoms with E-state index < -0.39 is 0 Å². The second kappa shape index (κ2) is 9.34. The molecule has 0 unspecified atom stereocenters. The Balaban J connectivity index is 0.000000315. The number of benzene rings is 1. The van der Waals surface area contributed by atoms with Crippen molar-refractivity contribution >= 4 is 16.6 Å². The highest BCUT2D eigenvalue weighted by Crippen LogP contribution is 2.09. The monoisotopic (exact) mass is 245 g/mol. The van der Waals surface area contributed by atoms with Crippen LogP contribution in [0.25, 0.3) is 10.8 Å². The zero-order chi connectivity index (χ0) is 14.0. The topological polar surface area (TPSA) is 30.0 Å². The van der Waals surface area contributed by atoms with Crippen molar-refractivity contribution in [3.8, 4) is 0 Å². The van der Waals surface area contributed by atoms with Gasteiger partial charge in [0, 0.05) is 18.3 Å². The van der Waals surface area contributed by atoms with Crippen LogP contribution < -0.4 is 0 Å². The molecule has 0 aliphatic carbocycles. The number of hydrogen-bond acceptors (Lipinski definition) is 2. The lowest BCUT2D eigenvalue weighted by Crippen LogP contribution is -1.98. The number of carbonyl (C=O) groups excluding carboxylic acids is 1. The Hall–Kier alpha value is -1.70. The highest BCUT2D eigenvalue weighted by molar-refractivity contribution is 5.81. The Morgan fingerprint density at radius 2 is 1.56 bits per heavy atom. The molecule has 18 heavy (non-hydrogen) atoms. The smallest absolute Gasteiger partial charge is 0.132 e. The van der Waals surface area contributed by atoms with Crippen molar-refractivity contribution in [2.24, 2.45) is 5.92 Å². The quantitative estimate of drug-likeness (QED) is 0.740. The molecule has 98 valence electrons. The molecule has 0 amide bonds. The normalized spacial score (nSPS) is 9.00. The predicted molar refractivity (Wildman–Crippen MR) is 78.6 cm³/mol. The molecule has 2 heteroatoms. The van der Waals surface area contributed by atoms with Crippen molar-refractivity contribution in [2.45, 2.75) is 34.6 Å². The van der Waals surface area contributed by atoms with Gasteiger partial charge in [0.1, 0.15) is 5.78 Å². The molecule has 1 aromatic carbocycles. The van der Waals surface area contributed by atoms with E-state index in [1.807, 2.05) is 58.3 Å². The maximum Gasteiger partial charge on any atom is 0.132 e. The van der Waals surface area contributed by atoms with E-state index in [4.69, 9.17) is 0 Å². The number of rotatable bonds is 1. The van der Waals surface area contributed by atoms with Crippen molar-refractivity contribution in [1.29, 1.82) is 0 Å². The van der Waals surface area contributed by atoms with Gasteiger partial charge in [-0.2, -0.15) is 0 Å². The van der Waals surface area contributed by atoms with Crippen LogP contribution in [0.15, 0.2) is 42.7 Å². The number of aromatic nitrogens is 1. The molecule has 2 nitrogen and oxygen atoms in total. The summed E-state index contributed by atoms with van der Waals surface area (Å²) in [5.74, 6) is 0.472. The summed E-state index contributed by atoms with van der Waals surface area (Å²) in [6.45, 7) is 9.38. The van der Waals surface area contributed by atoms with Gasteiger partial charge in [-0.05, 0) is 23.8 Å². The predicted octanol–water partition coefficient (Wildman–Crippen LogP) is 4.49. The van der Waals surface area contributed by atoms with Crippen LogP contribution in [-0.2, 0) is 4.79 Å². The average molecular weight is 245 g/mol. The molecule has 0 spiro atoms. The molecular weight excluding hydrogens is 222 g/mol. The van der Waals surface area contributed by atoms with Crippen LogP contribution in [0.1, 0.15) is 34.6 Å². The molecule has 0 aliphatic rings. The van der Waals surface area contributed by atoms with E-state index in [9.17, 15) is 4.79 Å². The Labute approximate surface area is 110 Å². The molecular formula is C16H23NO. The lowest BCUT2D eigenvalue weighted by Gasteiger charge is -1.91. The summed E-state index contributed by atoms with van der Waals surface area (Å²) in [5.41, 5.74) is 0. The van der Waals surface area contributed by atoms with Crippen molar-refractivity contribution in [3.63, 3.8) is 0 Å².